The van der Waals surface area contributed by atoms with Gasteiger partial charge < -0.3 is 19.9 Å². The first-order valence-corrected chi connectivity index (χ1v) is 13.8. The minimum atomic E-state index is -0.168. The Morgan fingerprint density at radius 3 is 2.55 bits per heavy atom. The lowest BCUT2D eigenvalue weighted by Gasteiger charge is -2.19. The number of fused-ring (bicyclic) bond motifs is 1. The van der Waals surface area contributed by atoms with Gasteiger partial charge in [0.1, 0.15) is 5.75 Å². The standard InChI is InChI=1S/C32H42N6O2/c1-21(2)38-31-28(19-34-38)26(32(39)33-18-27-23(4)14-22(3)15-30(27)40-8)17-29(35-31)25-11-9-10-24(16-25)20-37(7)13-12-36(5)6/h9-11,14-17,19,21H,12-13,18,20H2,1-8H3,(H,33,39). The lowest BCUT2D eigenvalue weighted by Crippen LogP contribution is -2.28. The summed E-state index contributed by atoms with van der Waals surface area (Å²) in [6.45, 7) is 11.4. The number of rotatable bonds is 11. The molecule has 0 spiro atoms. The molecule has 0 aliphatic heterocycles. The van der Waals surface area contributed by atoms with Gasteiger partial charge in [-0.3, -0.25) is 4.79 Å². The SMILES string of the molecule is COc1cc(C)cc(C)c1CNC(=O)c1cc(-c2cccc(CN(C)CCN(C)C)c2)nc2c1cnn2C(C)C. The molecule has 0 saturated heterocycles. The fourth-order valence-electron chi connectivity index (χ4n) is 4.95. The van der Waals surface area contributed by atoms with Crippen molar-refractivity contribution < 1.29 is 9.53 Å². The van der Waals surface area contributed by atoms with E-state index in [1.54, 1.807) is 13.3 Å². The lowest BCUT2D eigenvalue weighted by atomic mass is 10.0. The van der Waals surface area contributed by atoms with E-state index < -0.39 is 0 Å². The number of amides is 1. The molecule has 4 rings (SSSR count). The zero-order valence-electron chi connectivity index (χ0n) is 25.1. The number of carbonyl (C=O) groups is 1. The first kappa shape index (κ1) is 29.2. The molecule has 212 valence electrons. The molecule has 0 aliphatic rings. The van der Waals surface area contributed by atoms with Crippen molar-refractivity contribution in [3.8, 4) is 17.0 Å². The first-order chi connectivity index (χ1) is 19.1. The minimum absolute atomic E-state index is 0.104. The molecule has 1 amide bonds. The van der Waals surface area contributed by atoms with Crippen LogP contribution in [0.5, 0.6) is 5.75 Å². The van der Waals surface area contributed by atoms with Crippen LogP contribution >= 0.6 is 0 Å². The predicted octanol–water partition coefficient (Wildman–Crippen LogP) is 5.23. The number of pyridine rings is 1. The van der Waals surface area contributed by atoms with E-state index in [1.165, 1.54) is 5.56 Å². The van der Waals surface area contributed by atoms with E-state index in [1.807, 2.05) is 30.7 Å². The molecule has 4 aromatic rings. The van der Waals surface area contributed by atoms with Crippen LogP contribution in [0.3, 0.4) is 0 Å². The summed E-state index contributed by atoms with van der Waals surface area (Å²) in [5.74, 6) is 0.608. The molecule has 0 bridgehead atoms. The number of nitrogens with zero attached hydrogens (tertiary/aromatic N) is 5. The third-order valence-corrected chi connectivity index (χ3v) is 7.13. The van der Waals surface area contributed by atoms with E-state index in [2.05, 4.69) is 85.5 Å². The maximum absolute atomic E-state index is 13.7. The highest BCUT2D eigenvalue weighted by molar-refractivity contribution is 6.06. The van der Waals surface area contributed by atoms with Gasteiger partial charge in [0.2, 0.25) is 0 Å². The summed E-state index contributed by atoms with van der Waals surface area (Å²) in [6, 6.07) is 14.5. The third-order valence-electron chi connectivity index (χ3n) is 7.13. The molecule has 0 unspecified atom stereocenters. The summed E-state index contributed by atoms with van der Waals surface area (Å²) in [6.07, 6.45) is 1.74. The van der Waals surface area contributed by atoms with Crippen molar-refractivity contribution in [3.05, 3.63) is 76.5 Å². The molecular weight excluding hydrogens is 500 g/mol. The average molecular weight is 543 g/mol. The molecule has 0 fully saturated rings. The molecule has 2 aromatic carbocycles. The van der Waals surface area contributed by atoms with E-state index in [9.17, 15) is 4.79 Å². The Labute approximate surface area is 238 Å². The van der Waals surface area contributed by atoms with Crippen LogP contribution in [0.25, 0.3) is 22.3 Å². The highest BCUT2D eigenvalue weighted by Gasteiger charge is 2.20. The second-order valence-electron chi connectivity index (χ2n) is 11.2. The van der Waals surface area contributed by atoms with E-state index in [-0.39, 0.29) is 11.9 Å². The molecule has 2 heterocycles. The average Bonchev–Trinajstić information content (AvgIpc) is 3.35. The van der Waals surface area contributed by atoms with Gasteiger partial charge >= 0.3 is 0 Å². The Hall–Kier alpha value is -3.75. The highest BCUT2D eigenvalue weighted by Crippen LogP contribution is 2.28. The molecule has 8 heteroatoms. The number of aryl methyl sites for hydroxylation is 2. The second-order valence-corrected chi connectivity index (χ2v) is 11.2. The Morgan fingerprint density at radius 2 is 1.85 bits per heavy atom. The summed E-state index contributed by atoms with van der Waals surface area (Å²) >= 11 is 0. The number of hydrogen-bond donors (Lipinski definition) is 1. The Morgan fingerprint density at radius 1 is 1.07 bits per heavy atom. The van der Waals surface area contributed by atoms with Gasteiger partial charge in [0, 0.05) is 43.3 Å². The maximum atomic E-state index is 13.7. The van der Waals surface area contributed by atoms with Gasteiger partial charge in [-0.05, 0) is 83.7 Å². The zero-order valence-corrected chi connectivity index (χ0v) is 25.1. The number of hydrogen-bond acceptors (Lipinski definition) is 6. The molecular formula is C32H42N6O2. The molecule has 0 saturated carbocycles. The number of benzene rings is 2. The van der Waals surface area contributed by atoms with E-state index in [0.717, 1.165) is 58.7 Å². The topological polar surface area (TPSA) is 75.5 Å². The van der Waals surface area contributed by atoms with Crippen LogP contribution in [0.4, 0.5) is 0 Å². The summed E-state index contributed by atoms with van der Waals surface area (Å²) in [5, 5.41) is 8.44. The van der Waals surface area contributed by atoms with Crippen molar-refractivity contribution >= 4 is 16.9 Å². The fraction of sp³-hybridized carbons (Fsp3) is 0.406. The van der Waals surface area contributed by atoms with Crippen molar-refractivity contribution in [2.75, 3.05) is 41.3 Å². The number of carbonyl (C=O) groups excluding carboxylic acids is 1. The molecule has 1 N–H and O–H groups in total. The lowest BCUT2D eigenvalue weighted by molar-refractivity contribution is 0.0952. The summed E-state index contributed by atoms with van der Waals surface area (Å²) in [5.41, 5.74) is 7.36. The van der Waals surface area contributed by atoms with Crippen LogP contribution in [0.15, 0.2) is 48.7 Å². The fourth-order valence-corrected chi connectivity index (χ4v) is 4.95. The molecule has 0 aliphatic carbocycles. The first-order valence-electron chi connectivity index (χ1n) is 13.8. The van der Waals surface area contributed by atoms with Crippen LogP contribution in [0.1, 0.15) is 52.5 Å². The van der Waals surface area contributed by atoms with Crippen LogP contribution in [-0.2, 0) is 13.1 Å². The van der Waals surface area contributed by atoms with Crippen molar-refractivity contribution in [2.45, 2.75) is 46.8 Å². The summed E-state index contributed by atoms with van der Waals surface area (Å²) in [7, 11) is 7.97. The van der Waals surface area contributed by atoms with Crippen LogP contribution < -0.4 is 10.1 Å². The predicted molar refractivity (Wildman–Crippen MR) is 162 cm³/mol. The van der Waals surface area contributed by atoms with Crippen LogP contribution in [0.2, 0.25) is 0 Å². The molecule has 2 aromatic heterocycles. The van der Waals surface area contributed by atoms with Crippen molar-refractivity contribution in [1.29, 1.82) is 0 Å². The Bertz CT molecular complexity index is 1490. The number of nitrogens with one attached hydrogen (secondary N) is 1. The minimum Gasteiger partial charge on any atom is -0.496 e. The number of likely N-dealkylation sites (N-methyl/N-ethyl adjacent to an activating group) is 2. The Kier molecular flexibility index (Phi) is 9.22. The second kappa shape index (κ2) is 12.6. The van der Waals surface area contributed by atoms with Gasteiger partial charge in [-0.2, -0.15) is 5.10 Å². The van der Waals surface area contributed by atoms with Gasteiger partial charge in [-0.1, -0.05) is 24.3 Å². The van der Waals surface area contributed by atoms with Gasteiger partial charge in [-0.25, -0.2) is 9.67 Å². The molecule has 8 nitrogen and oxygen atoms in total. The summed E-state index contributed by atoms with van der Waals surface area (Å²) in [4.78, 5) is 23.2. The number of aromatic nitrogens is 3. The highest BCUT2D eigenvalue weighted by atomic mass is 16.5. The van der Waals surface area contributed by atoms with Gasteiger partial charge in [0.25, 0.3) is 5.91 Å². The Balaban J connectivity index is 1.68. The molecule has 0 radical (unpaired) electrons. The van der Waals surface area contributed by atoms with E-state index in [4.69, 9.17) is 9.72 Å². The normalized spacial score (nSPS) is 11.7. The number of ether oxygens (including phenoxy) is 1. The third kappa shape index (κ3) is 6.69. The van der Waals surface area contributed by atoms with Crippen LogP contribution in [0, 0.1) is 13.8 Å². The molecule has 0 atom stereocenters. The van der Waals surface area contributed by atoms with Crippen LogP contribution in [-0.4, -0.2) is 71.8 Å². The summed E-state index contributed by atoms with van der Waals surface area (Å²) < 4.78 is 7.48. The van der Waals surface area contributed by atoms with Gasteiger partial charge in [0.05, 0.1) is 30.0 Å². The quantitative estimate of drug-likeness (QED) is 0.280. The van der Waals surface area contributed by atoms with E-state index >= 15 is 0 Å². The van der Waals surface area contributed by atoms with Crippen molar-refractivity contribution in [2.24, 2.45) is 0 Å². The zero-order chi connectivity index (χ0) is 29.0. The smallest absolute Gasteiger partial charge is 0.252 e. The van der Waals surface area contributed by atoms with Crippen molar-refractivity contribution in [3.63, 3.8) is 0 Å². The largest absolute Gasteiger partial charge is 0.496 e. The monoisotopic (exact) mass is 542 g/mol. The van der Waals surface area contributed by atoms with Gasteiger partial charge in [0.15, 0.2) is 5.65 Å². The maximum Gasteiger partial charge on any atom is 0.252 e. The van der Waals surface area contributed by atoms with E-state index in [0.29, 0.717) is 17.8 Å². The van der Waals surface area contributed by atoms with Gasteiger partial charge in [-0.15, -0.1) is 0 Å². The van der Waals surface area contributed by atoms with Crippen molar-refractivity contribution in [1.82, 2.24) is 29.9 Å². The number of methoxy groups -OCH3 is 1. The molecule has 40 heavy (non-hydrogen) atoms.